The second kappa shape index (κ2) is 8.96. The summed E-state index contributed by atoms with van der Waals surface area (Å²) in [6.07, 6.45) is 5.97. The van der Waals surface area contributed by atoms with Crippen LogP contribution in [0.5, 0.6) is 0 Å². The first-order valence-corrected chi connectivity index (χ1v) is 9.18. The Labute approximate surface area is 145 Å². The van der Waals surface area contributed by atoms with Gasteiger partial charge in [0.2, 0.25) is 0 Å². The van der Waals surface area contributed by atoms with E-state index in [2.05, 4.69) is 47.1 Å². The minimum Gasteiger partial charge on any atom is -0.289 e. The lowest BCUT2D eigenvalue weighted by molar-refractivity contribution is 0.104. The van der Waals surface area contributed by atoms with E-state index in [4.69, 9.17) is 0 Å². The van der Waals surface area contributed by atoms with E-state index in [1.54, 1.807) is 6.08 Å². The second-order valence-electron chi connectivity index (χ2n) is 4.98. The number of halogens is 1. The molecule has 0 heterocycles. The fraction of sp³-hybridized carbons (Fsp3) is 0.211. The van der Waals surface area contributed by atoms with Gasteiger partial charge in [-0.15, -0.1) is 11.8 Å². The molecule has 22 heavy (non-hydrogen) atoms. The van der Waals surface area contributed by atoms with Crippen molar-refractivity contribution < 1.29 is 4.79 Å². The Morgan fingerprint density at radius 3 is 2.41 bits per heavy atom. The van der Waals surface area contributed by atoms with Crippen LogP contribution in [0.15, 0.2) is 64.0 Å². The minimum atomic E-state index is 0.0221. The Kier molecular flexibility index (Phi) is 6.94. The molecule has 114 valence electrons. The molecule has 2 aromatic carbocycles. The number of carbonyl (C=O) groups excluding carboxylic acids is 1. The van der Waals surface area contributed by atoms with Crippen LogP contribution in [0.2, 0.25) is 0 Å². The highest BCUT2D eigenvalue weighted by atomic mass is 79.9. The summed E-state index contributed by atoms with van der Waals surface area (Å²) in [6, 6.07) is 15.7. The van der Waals surface area contributed by atoms with Gasteiger partial charge in [-0.05, 0) is 60.2 Å². The highest BCUT2D eigenvalue weighted by Crippen LogP contribution is 2.20. The molecule has 2 rings (SSSR count). The molecule has 0 unspecified atom stereocenters. The van der Waals surface area contributed by atoms with E-state index in [1.165, 1.54) is 17.7 Å². The molecule has 1 nitrogen and oxygen atoms in total. The number of unbranched alkanes of at least 4 members (excludes halogenated alkanes) is 1. The number of hydrogen-bond donors (Lipinski definition) is 0. The molecular formula is C19H19BrOS. The van der Waals surface area contributed by atoms with Gasteiger partial charge in [-0.1, -0.05) is 47.5 Å². The molecule has 0 atom stereocenters. The topological polar surface area (TPSA) is 17.1 Å². The Morgan fingerprint density at radius 1 is 1.09 bits per heavy atom. The second-order valence-corrected chi connectivity index (χ2v) is 7.06. The third-order valence-corrected chi connectivity index (χ3v) is 4.83. The van der Waals surface area contributed by atoms with Gasteiger partial charge < -0.3 is 0 Å². The highest BCUT2D eigenvalue weighted by molar-refractivity contribution is 9.10. The van der Waals surface area contributed by atoms with E-state index in [0.717, 1.165) is 15.8 Å². The fourth-order valence-electron chi connectivity index (χ4n) is 1.89. The standard InChI is InChI=1S/C19H19BrOS/c1-2-3-14-22-18-11-4-15(5-12-18)6-13-19(21)16-7-9-17(20)10-8-16/h4-13H,2-3,14H2,1H3/b13-6+. The first kappa shape index (κ1) is 17.0. The van der Waals surface area contributed by atoms with Crippen molar-refractivity contribution in [3.8, 4) is 0 Å². The van der Waals surface area contributed by atoms with Crippen LogP contribution in [0, 0.1) is 0 Å². The molecule has 0 N–H and O–H groups in total. The van der Waals surface area contributed by atoms with Crippen LogP contribution in [0.1, 0.15) is 35.7 Å². The average molecular weight is 375 g/mol. The van der Waals surface area contributed by atoms with Gasteiger partial charge in [-0.25, -0.2) is 0 Å². The van der Waals surface area contributed by atoms with Crippen molar-refractivity contribution in [2.24, 2.45) is 0 Å². The van der Waals surface area contributed by atoms with Crippen molar-refractivity contribution in [1.29, 1.82) is 0 Å². The lowest BCUT2D eigenvalue weighted by Gasteiger charge is -2.01. The molecule has 0 radical (unpaired) electrons. The Hall–Kier alpha value is -1.32. The third kappa shape index (κ3) is 5.47. The number of rotatable bonds is 7. The summed E-state index contributed by atoms with van der Waals surface area (Å²) in [5, 5.41) is 0. The van der Waals surface area contributed by atoms with Crippen LogP contribution in [-0.4, -0.2) is 11.5 Å². The summed E-state index contributed by atoms with van der Waals surface area (Å²) in [6.45, 7) is 2.21. The third-order valence-electron chi connectivity index (χ3n) is 3.20. The largest absolute Gasteiger partial charge is 0.289 e. The smallest absolute Gasteiger partial charge is 0.185 e. The highest BCUT2D eigenvalue weighted by Gasteiger charge is 2.01. The zero-order chi connectivity index (χ0) is 15.8. The summed E-state index contributed by atoms with van der Waals surface area (Å²) in [5.41, 5.74) is 1.75. The molecular weight excluding hydrogens is 356 g/mol. The number of carbonyl (C=O) groups is 1. The number of thioether (sulfide) groups is 1. The van der Waals surface area contributed by atoms with E-state index >= 15 is 0 Å². The maximum Gasteiger partial charge on any atom is 0.185 e. The number of ketones is 1. The molecule has 0 bridgehead atoms. The van der Waals surface area contributed by atoms with Gasteiger partial charge >= 0.3 is 0 Å². The quantitative estimate of drug-likeness (QED) is 0.247. The molecule has 0 spiro atoms. The van der Waals surface area contributed by atoms with E-state index in [1.807, 2.05) is 42.1 Å². The van der Waals surface area contributed by atoms with Crippen LogP contribution in [0.3, 0.4) is 0 Å². The van der Waals surface area contributed by atoms with Crippen molar-refractivity contribution >= 4 is 39.6 Å². The van der Waals surface area contributed by atoms with Gasteiger partial charge in [0.05, 0.1) is 0 Å². The molecule has 0 aliphatic heterocycles. The SMILES string of the molecule is CCCCSc1ccc(/C=C/C(=O)c2ccc(Br)cc2)cc1. The van der Waals surface area contributed by atoms with E-state index in [9.17, 15) is 4.79 Å². The molecule has 0 saturated heterocycles. The van der Waals surface area contributed by atoms with Gasteiger partial charge in [0.15, 0.2) is 5.78 Å². The Balaban J connectivity index is 1.95. The van der Waals surface area contributed by atoms with Gasteiger partial charge in [0.1, 0.15) is 0 Å². The van der Waals surface area contributed by atoms with E-state index in [-0.39, 0.29) is 5.78 Å². The van der Waals surface area contributed by atoms with Crippen LogP contribution in [0.25, 0.3) is 6.08 Å². The molecule has 0 aliphatic rings. The number of benzene rings is 2. The summed E-state index contributed by atoms with van der Waals surface area (Å²) in [4.78, 5) is 13.3. The van der Waals surface area contributed by atoms with Gasteiger partial charge in [0, 0.05) is 14.9 Å². The molecule has 0 aliphatic carbocycles. The summed E-state index contributed by atoms with van der Waals surface area (Å²) < 4.78 is 0.976. The van der Waals surface area contributed by atoms with Crippen molar-refractivity contribution in [3.63, 3.8) is 0 Å². The van der Waals surface area contributed by atoms with E-state index < -0.39 is 0 Å². The summed E-state index contributed by atoms with van der Waals surface area (Å²) in [5.74, 6) is 1.18. The van der Waals surface area contributed by atoms with Gasteiger partial charge in [0.25, 0.3) is 0 Å². The molecule has 3 heteroatoms. The number of allylic oxidation sites excluding steroid dienone is 1. The monoisotopic (exact) mass is 374 g/mol. The van der Waals surface area contributed by atoms with Crippen molar-refractivity contribution in [2.45, 2.75) is 24.7 Å². The molecule has 2 aromatic rings. The first-order valence-electron chi connectivity index (χ1n) is 7.40. The van der Waals surface area contributed by atoms with E-state index in [0.29, 0.717) is 5.56 Å². The van der Waals surface area contributed by atoms with Crippen molar-refractivity contribution in [1.82, 2.24) is 0 Å². The van der Waals surface area contributed by atoms with Crippen LogP contribution in [0.4, 0.5) is 0 Å². The zero-order valence-corrected chi connectivity index (χ0v) is 15.0. The Morgan fingerprint density at radius 2 is 1.77 bits per heavy atom. The van der Waals surface area contributed by atoms with Crippen LogP contribution in [-0.2, 0) is 0 Å². The van der Waals surface area contributed by atoms with Gasteiger partial charge in [-0.3, -0.25) is 4.79 Å². The van der Waals surface area contributed by atoms with Gasteiger partial charge in [-0.2, -0.15) is 0 Å². The number of hydrogen-bond acceptors (Lipinski definition) is 2. The molecule has 0 saturated carbocycles. The maximum absolute atomic E-state index is 12.1. The fourth-order valence-corrected chi connectivity index (χ4v) is 3.15. The average Bonchev–Trinajstić information content (AvgIpc) is 2.55. The van der Waals surface area contributed by atoms with Crippen LogP contribution < -0.4 is 0 Å². The summed E-state index contributed by atoms with van der Waals surface area (Å²) >= 11 is 5.25. The summed E-state index contributed by atoms with van der Waals surface area (Å²) in [7, 11) is 0. The predicted octanol–water partition coefficient (Wildman–Crippen LogP) is 6.24. The molecule has 0 amide bonds. The lowest BCUT2D eigenvalue weighted by Crippen LogP contribution is -1.93. The van der Waals surface area contributed by atoms with Crippen molar-refractivity contribution in [3.05, 3.63) is 70.2 Å². The normalized spacial score (nSPS) is 11.0. The predicted molar refractivity (Wildman–Crippen MR) is 99.6 cm³/mol. The molecule has 0 aromatic heterocycles. The minimum absolute atomic E-state index is 0.0221. The van der Waals surface area contributed by atoms with Crippen LogP contribution >= 0.6 is 27.7 Å². The lowest BCUT2D eigenvalue weighted by atomic mass is 10.1. The van der Waals surface area contributed by atoms with Crippen molar-refractivity contribution in [2.75, 3.05) is 5.75 Å². The molecule has 0 fully saturated rings. The first-order chi connectivity index (χ1) is 10.7. The maximum atomic E-state index is 12.1. The zero-order valence-electron chi connectivity index (χ0n) is 12.6. The Bertz CT molecular complexity index is 629.